The molecule has 0 amide bonds. The van der Waals surface area contributed by atoms with Gasteiger partial charge in [-0.1, -0.05) is 54.9 Å². The Balaban J connectivity index is 2.11. The highest BCUT2D eigenvalue weighted by molar-refractivity contribution is 6.31. The molecule has 0 unspecified atom stereocenters. The number of anilines is 1. The van der Waals surface area contributed by atoms with Crippen LogP contribution in [0, 0.1) is 10.1 Å². The first-order chi connectivity index (χ1) is 11.1. The molecule has 3 rings (SSSR count). The quantitative estimate of drug-likeness (QED) is 0.620. The second kappa shape index (κ2) is 6.56. The summed E-state index contributed by atoms with van der Waals surface area (Å²) >= 11 is 6.31. The van der Waals surface area contributed by atoms with Crippen LogP contribution in [0.25, 0.3) is 0 Å². The lowest BCUT2D eigenvalue weighted by atomic mass is 9.95. The highest BCUT2D eigenvalue weighted by Gasteiger charge is 2.52. The van der Waals surface area contributed by atoms with E-state index in [-0.39, 0.29) is 4.92 Å². The molecule has 0 N–H and O–H groups in total. The van der Waals surface area contributed by atoms with Gasteiger partial charge in [-0.25, -0.2) is 5.06 Å². The molecule has 23 heavy (non-hydrogen) atoms. The van der Waals surface area contributed by atoms with Gasteiger partial charge in [0.05, 0.1) is 5.69 Å². The van der Waals surface area contributed by atoms with Gasteiger partial charge >= 0.3 is 0 Å². The normalized spacial score (nSPS) is 23.9. The van der Waals surface area contributed by atoms with Crippen molar-refractivity contribution in [1.82, 2.24) is 0 Å². The van der Waals surface area contributed by atoms with Crippen LogP contribution in [0.1, 0.15) is 24.9 Å². The summed E-state index contributed by atoms with van der Waals surface area (Å²) in [7, 11) is 0. The number of para-hydroxylation sites is 1. The molecule has 6 heteroatoms. The average molecular weight is 333 g/mol. The molecule has 5 nitrogen and oxygen atoms in total. The van der Waals surface area contributed by atoms with E-state index in [2.05, 4.69) is 0 Å². The first-order valence-corrected chi connectivity index (χ1v) is 7.90. The molecule has 0 aliphatic carbocycles. The maximum absolute atomic E-state index is 11.7. The molecule has 2 aromatic carbocycles. The smallest absolute Gasteiger partial charge is 0.264 e. The first kappa shape index (κ1) is 15.8. The Hall–Kier alpha value is -2.11. The van der Waals surface area contributed by atoms with Gasteiger partial charge in [-0.3, -0.25) is 15.0 Å². The van der Waals surface area contributed by atoms with Crippen LogP contribution in [0.2, 0.25) is 5.02 Å². The van der Waals surface area contributed by atoms with Crippen molar-refractivity contribution in [3.63, 3.8) is 0 Å². The molecule has 1 heterocycles. The van der Waals surface area contributed by atoms with Gasteiger partial charge in [-0.2, -0.15) is 0 Å². The number of rotatable bonds is 4. The second-order valence-electron chi connectivity index (χ2n) is 5.46. The number of nitrogens with zero attached hydrogens (tertiary/aromatic N) is 2. The van der Waals surface area contributed by atoms with Crippen molar-refractivity contribution in [3.8, 4) is 0 Å². The molecule has 0 spiro atoms. The summed E-state index contributed by atoms with van der Waals surface area (Å²) in [4.78, 5) is 17.4. The topological polar surface area (TPSA) is 55.6 Å². The molecule has 3 atom stereocenters. The fourth-order valence-corrected chi connectivity index (χ4v) is 3.25. The van der Waals surface area contributed by atoms with Gasteiger partial charge in [-0.15, -0.1) is 0 Å². The Morgan fingerprint density at radius 3 is 2.43 bits per heavy atom. The molecule has 0 saturated carbocycles. The second-order valence-corrected chi connectivity index (χ2v) is 5.86. The summed E-state index contributed by atoms with van der Waals surface area (Å²) in [6.07, 6.45) is 0.0575. The predicted octanol–water partition coefficient (Wildman–Crippen LogP) is 4.26. The fraction of sp³-hybridized carbons (Fsp3) is 0.294. The average Bonchev–Trinajstić information content (AvgIpc) is 2.95. The van der Waals surface area contributed by atoms with Gasteiger partial charge in [0.25, 0.3) is 6.04 Å². The molecule has 0 bridgehead atoms. The predicted molar refractivity (Wildman–Crippen MR) is 89.1 cm³/mol. The third-order valence-electron chi connectivity index (χ3n) is 4.09. The maximum Gasteiger partial charge on any atom is 0.267 e. The summed E-state index contributed by atoms with van der Waals surface area (Å²) in [6, 6.07) is 15.2. The monoisotopic (exact) mass is 332 g/mol. The van der Waals surface area contributed by atoms with Crippen LogP contribution in [0.4, 0.5) is 5.69 Å². The van der Waals surface area contributed by atoms with Crippen molar-refractivity contribution < 1.29 is 9.76 Å². The van der Waals surface area contributed by atoms with E-state index in [0.29, 0.717) is 17.0 Å². The van der Waals surface area contributed by atoms with E-state index in [4.69, 9.17) is 16.4 Å². The van der Waals surface area contributed by atoms with E-state index in [0.717, 1.165) is 5.69 Å². The van der Waals surface area contributed by atoms with E-state index in [9.17, 15) is 10.1 Å². The lowest BCUT2D eigenvalue weighted by Gasteiger charge is -2.25. The molecular formula is C17H17ClN2O3. The van der Waals surface area contributed by atoms with E-state index >= 15 is 0 Å². The summed E-state index contributed by atoms with van der Waals surface area (Å²) in [5, 5.41) is 13.8. The largest absolute Gasteiger partial charge is 0.267 e. The Bertz CT molecular complexity index is 695. The maximum atomic E-state index is 11.7. The van der Waals surface area contributed by atoms with Crippen molar-refractivity contribution in [3.05, 3.63) is 75.3 Å². The third kappa shape index (κ3) is 2.90. The van der Waals surface area contributed by atoms with Gasteiger partial charge in [0.15, 0.2) is 12.1 Å². The summed E-state index contributed by atoms with van der Waals surface area (Å²) in [5.41, 5.74) is 1.48. The van der Waals surface area contributed by atoms with Crippen LogP contribution >= 0.6 is 11.6 Å². The number of halogens is 1. The van der Waals surface area contributed by atoms with Gasteiger partial charge in [0.1, 0.15) is 0 Å². The van der Waals surface area contributed by atoms with Crippen LogP contribution in [-0.2, 0) is 4.84 Å². The lowest BCUT2D eigenvalue weighted by Crippen LogP contribution is -2.35. The first-order valence-electron chi connectivity index (χ1n) is 7.52. The minimum atomic E-state index is -0.875. The standard InChI is InChI=1S/C17H17ClN2O3/c1-2-15-17(20(21)22)16(13-10-6-7-11-14(13)18)19(23-15)12-8-4-3-5-9-12/h3-11,15-17H,2H2,1H3/t15-,16-,17-/m1/s1. The zero-order valence-corrected chi connectivity index (χ0v) is 13.4. The van der Waals surface area contributed by atoms with Crippen molar-refractivity contribution >= 4 is 17.3 Å². The Kier molecular flexibility index (Phi) is 4.50. The van der Waals surface area contributed by atoms with Crippen molar-refractivity contribution in [2.24, 2.45) is 0 Å². The molecule has 1 aliphatic rings. The van der Waals surface area contributed by atoms with Crippen molar-refractivity contribution in [2.75, 3.05) is 5.06 Å². The van der Waals surface area contributed by atoms with Crippen LogP contribution in [-0.4, -0.2) is 17.1 Å². The van der Waals surface area contributed by atoms with Crippen LogP contribution in [0.3, 0.4) is 0 Å². The number of benzene rings is 2. The highest BCUT2D eigenvalue weighted by Crippen LogP contribution is 2.42. The third-order valence-corrected chi connectivity index (χ3v) is 4.43. The SMILES string of the molecule is CC[C@H]1ON(c2ccccc2)[C@H](c2ccccc2Cl)[C@@H]1[N+](=O)[O-]. The molecular weight excluding hydrogens is 316 g/mol. The van der Waals surface area contributed by atoms with Crippen molar-refractivity contribution in [1.29, 1.82) is 0 Å². The molecule has 1 aliphatic heterocycles. The highest BCUT2D eigenvalue weighted by atomic mass is 35.5. The van der Waals surface area contributed by atoms with E-state index in [1.807, 2.05) is 55.5 Å². The van der Waals surface area contributed by atoms with Gasteiger partial charge in [-0.05, 0) is 24.6 Å². The molecule has 2 aromatic rings. The fourth-order valence-electron chi connectivity index (χ4n) is 3.00. The van der Waals surface area contributed by atoms with Gasteiger partial charge in [0, 0.05) is 15.5 Å². The summed E-state index contributed by atoms with van der Waals surface area (Å²) < 4.78 is 0. The van der Waals surface area contributed by atoms with Gasteiger partial charge in [0.2, 0.25) is 0 Å². The Morgan fingerprint density at radius 1 is 1.17 bits per heavy atom. The molecule has 0 aromatic heterocycles. The van der Waals surface area contributed by atoms with Crippen LogP contribution in [0.5, 0.6) is 0 Å². The Morgan fingerprint density at radius 2 is 1.83 bits per heavy atom. The van der Waals surface area contributed by atoms with Crippen LogP contribution < -0.4 is 5.06 Å². The van der Waals surface area contributed by atoms with E-state index < -0.39 is 18.2 Å². The summed E-state index contributed by atoms with van der Waals surface area (Å²) in [6.45, 7) is 1.89. The lowest BCUT2D eigenvalue weighted by molar-refractivity contribution is -0.529. The number of hydrogen-bond donors (Lipinski definition) is 0. The van der Waals surface area contributed by atoms with E-state index in [1.54, 1.807) is 11.1 Å². The molecule has 1 fully saturated rings. The number of hydroxylamine groups is 1. The summed E-state index contributed by atoms with van der Waals surface area (Å²) in [5.74, 6) is 0. The number of hydrogen-bond acceptors (Lipinski definition) is 4. The molecule has 0 radical (unpaired) electrons. The minimum absolute atomic E-state index is 0.259. The van der Waals surface area contributed by atoms with Crippen molar-refractivity contribution in [2.45, 2.75) is 31.5 Å². The van der Waals surface area contributed by atoms with Gasteiger partial charge < -0.3 is 0 Å². The van der Waals surface area contributed by atoms with E-state index in [1.165, 1.54) is 0 Å². The Labute approximate surface area is 139 Å². The molecule has 120 valence electrons. The zero-order chi connectivity index (χ0) is 16.4. The number of nitro groups is 1. The minimum Gasteiger partial charge on any atom is -0.264 e. The van der Waals surface area contributed by atoms with Crippen LogP contribution in [0.15, 0.2) is 54.6 Å². The molecule has 1 saturated heterocycles. The zero-order valence-electron chi connectivity index (χ0n) is 12.6.